The largest absolute Gasteiger partial charge is 0.487 e. The predicted octanol–water partition coefficient (Wildman–Crippen LogP) is 6.49. The number of halogens is 2. The van der Waals surface area contributed by atoms with Gasteiger partial charge in [-0.1, -0.05) is 48.5 Å². The van der Waals surface area contributed by atoms with E-state index >= 15 is 0 Å². The lowest BCUT2D eigenvalue weighted by atomic mass is 10.1. The lowest BCUT2D eigenvalue weighted by Gasteiger charge is -2.11. The lowest BCUT2D eigenvalue weighted by Crippen LogP contribution is -2.02. The fourth-order valence-corrected chi connectivity index (χ4v) is 4.80. The van der Waals surface area contributed by atoms with Crippen LogP contribution in [0.25, 0.3) is 17.3 Å². The summed E-state index contributed by atoms with van der Waals surface area (Å²) in [6, 6.07) is 27.0. The zero-order chi connectivity index (χ0) is 24.1. The molecule has 0 atom stereocenters. The molecule has 0 amide bonds. The van der Waals surface area contributed by atoms with Gasteiger partial charge in [-0.2, -0.15) is 15.6 Å². The summed E-state index contributed by atoms with van der Waals surface area (Å²) in [6.45, 7) is 0.415. The molecule has 0 aliphatic carbocycles. The first-order valence-corrected chi connectivity index (χ1v) is 11.7. The number of ether oxygens (including phenoxy) is 1. The Labute approximate surface area is 213 Å². The second-order valence-electron chi connectivity index (χ2n) is 7.23. The number of hydrogen-bond donors (Lipinski definition) is 1. The Morgan fingerprint density at radius 2 is 1.62 bits per heavy atom. The summed E-state index contributed by atoms with van der Waals surface area (Å²) in [5, 5.41) is 24.0. The molecule has 0 aliphatic rings. The van der Waals surface area contributed by atoms with Crippen molar-refractivity contribution in [3.05, 3.63) is 104 Å². The van der Waals surface area contributed by atoms with E-state index in [4.69, 9.17) is 10.5 Å². The van der Waals surface area contributed by atoms with Gasteiger partial charge in [0.1, 0.15) is 41.6 Å². The zero-order valence-electron chi connectivity index (χ0n) is 17.7. The van der Waals surface area contributed by atoms with Crippen molar-refractivity contribution in [2.75, 3.05) is 5.73 Å². The fraction of sp³-hybridized carbons (Fsp3) is 0.0385. The van der Waals surface area contributed by atoms with Crippen LogP contribution in [0.15, 0.2) is 81.7 Å². The van der Waals surface area contributed by atoms with Gasteiger partial charge in [-0.05, 0) is 73.3 Å². The highest BCUT2D eigenvalue weighted by Crippen LogP contribution is 2.37. The van der Waals surface area contributed by atoms with Crippen LogP contribution in [0.5, 0.6) is 5.75 Å². The van der Waals surface area contributed by atoms with Crippen LogP contribution in [0, 0.1) is 22.7 Å². The highest BCUT2D eigenvalue weighted by molar-refractivity contribution is 9.11. The molecule has 0 saturated carbocycles. The van der Waals surface area contributed by atoms with Crippen molar-refractivity contribution in [3.8, 4) is 23.6 Å². The zero-order valence-corrected chi connectivity index (χ0v) is 20.9. The summed E-state index contributed by atoms with van der Waals surface area (Å²) >= 11 is 7.11. The minimum absolute atomic E-state index is 0.151. The second-order valence-corrected chi connectivity index (χ2v) is 8.93. The standard InChI is InChI=1S/C26H17Br2N5O/c27-22-12-18(13-23(28)25(22)34-16-17-7-3-1-4-8-17)11-19(14-29)24-21(15-30)26(31)33(32-24)20-9-5-2-6-10-20/h1-13H,16,31H2/b19-11+. The molecule has 0 saturated heterocycles. The number of anilines is 1. The summed E-state index contributed by atoms with van der Waals surface area (Å²) in [6.07, 6.45) is 1.66. The van der Waals surface area contributed by atoms with E-state index in [2.05, 4.69) is 49.1 Å². The van der Waals surface area contributed by atoms with Crippen molar-refractivity contribution in [1.29, 1.82) is 10.5 Å². The number of hydrogen-bond acceptors (Lipinski definition) is 5. The number of allylic oxidation sites excluding steroid dienone is 1. The monoisotopic (exact) mass is 573 g/mol. The van der Waals surface area contributed by atoms with E-state index < -0.39 is 0 Å². The maximum Gasteiger partial charge on any atom is 0.148 e. The van der Waals surface area contributed by atoms with Crippen molar-refractivity contribution >= 4 is 49.3 Å². The van der Waals surface area contributed by atoms with Gasteiger partial charge in [0.15, 0.2) is 0 Å². The number of benzene rings is 3. The Morgan fingerprint density at radius 1 is 1.00 bits per heavy atom. The molecule has 0 radical (unpaired) electrons. The fourth-order valence-electron chi connectivity index (χ4n) is 3.35. The molecule has 0 fully saturated rings. The minimum Gasteiger partial charge on any atom is -0.487 e. The average Bonchev–Trinajstić information content (AvgIpc) is 3.19. The molecule has 4 aromatic rings. The van der Waals surface area contributed by atoms with Crippen molar-refractivity contribution in [2.45, 2.75) is 6.61 Å². The number of para-hydroxylation sites is 1. The molecule has 1 heterocycles. The van der Waals surface area contributed by atoms with Gasteiger partial charge in [-0.15, -0.1) is 0 Å². The number of nitrogens with two attached hydrogens (primary N) is 1. The smallest absolute Gasteiger partial charge is 0.148 e. The highest BCUT2D eigenvalue weighted by atomic mass is 79.9. The maximum atomic E-state index is 9.87. The summed E-state index contributed by atoms with van der Waals surface area (Å²) in [7, 11) is 0. The highest BCUT2D eigenvalue weighted by Gasteiger charge is 2.20. The summed E-state index contributed by atoms with van der Waals surface area (Å²) in [5.74, 6) is 0.826. The number of aromatic nitrogens is 2. The van der Waals surface area contributed by atoms with Gasteiger partial charge < -0.3 is 10.5 Å². The van der Waals surface area contributed by atoms with Gasteiger partial charge in [-0.3, -0.25) is 0 Å². The molecule has 0 bridgehead atoms. The molecule has 1 aromatic heterocycles. The predicted molar refractivity (Wildman–Crippen MR) is 139 cm³/mol. The quantitative estimate of drug-likeness (QED) is 0.265. The van der Waals surface area contributed by atoms with Crippen molar-refractivity contribution in [3.63, 3.8) is 0 Å². The van der Waals surface area contributed by atoms with E-state index in [1.165, 1.54) is 4.68 Å². The Bertz CT molecular complexity index is 1430. The van der Waals surface area contributed by atoms with Crippen LogP contribution in [0.2, 0.25) is 0 Å². The lowest BCUT2D eigenvalue weighted by molar-refractivity contribution is 0.302. The van der Waals surface area contributed by atoms with Crippen LogP contribution in [0.4, 0.5) is 5.82 Å². The van der Waals surface area contributed by atoms with Crippen LogP contribution >= 0.6 is 31.9 Å². The van der Waals surface area contributed by atoms with Crippen LogP contribution in [-0.2, 0) is 6.61 Å². The normalized spacial score (nSPS) is 11.0. The first-order valence-electron chi connectivity index (χ1n) is 10.1. The number of nitrogens with zero attached hydrogens (tertiary/aromatic N) is 4. The molecule has 3 aromatic carbocycles. The van der Waals surface area contributed by atoms with Gasteiger partial charge in [0.05, 0.1) is 20.2 Å². The van der Waals surface area contributed by atoms with Crippen LogP contribution < -0.4 is 10.5 Å². The van der Waals surface area contributed by atoms with E-state index in [0.717, 1.165) is 20.1 Å². The third kappa shape index (κ3) is 4.89. The van der Waals surface area contributed by atoms with Crippen LogP contribution in [-0.4, -0.2) is 9.78 Å². The maximum absolute atomic E-state index is 9.87. The average molecular weight is 575 g/mol. The molecule has 0 aliphatic heterocycles. The van der Waals surface area contributed by atoms with E-state index in [-0.39, 0.29) is 22.6 Å². The molecule has 2 N–H and O–H groups in total. The van der Waals surface area contributed by atoms with Gasteiger partial charge in [0.25, 0.3) is 0 Å². The molecule has 0 spiro atoms. The first kappa shape index (κ1) is 23.3. The summed E-state index contributed by atoms with van der Waals surface area (Å²) in [4.78, 5) is 0. The van der Waals surface area contributed by atoms with E-state index in [1.54, 1.807) is 6.08 Å². The van der Waals surface area contributed by atoms with Gasteiger partial charge in [0, 0.05) is 0 Å². The van der Waals surface area contributed by atoms with Gasteiger partial charge in [0.2, 0.25) is 0 Å². The van der Waals surface area contributed by atoms with Gasteiger partial charge >= 0.3 is 0 Å². The molecule has 166 valence electrons. The van der Waals surface area contributed by atoms with E-state index in [1.807, 2.05) is 72.8 Å². The third-order valence-corrected chi connectivity index (χ3v) is 6.14. The number of nitrogen functional groups attached to an aromatic ring is 1. The van der Waals surface area contributed by atoms with Crippen LogP contribution in [0.1, 0.15) is 22.4 Å². The Morgan fingerprint density at radius 3 is 2.21 bits per heavy atom. The molecule has 4 rings (SSSR count). The molecular weight excluding hydrogens is 558 g/mol. The molecule has 8 heteroatoms. The Kier molecular flexibility index (Phi) is 7.12. The van der Waals surface area contributed by atoms with Crippen molar-refractivity contribution in [2.24, 2.45) is 0 Å². The second kappa shape index (κ2) is 10.4. The number of rotatable bonds is 6. The van der Waals surface area contributed by atoms with Crippen molar-refractivity contribution in [1.82, 2.24) is 9.78 Å². The summed E-state index contributed by atoms with van der Waals surface area (Å²) in [5.41, 5.74) is 9.25. The molecule has 6 nitrogen and oxygen atoms in total. The number of nitriles is 2. The third-order valence-electron chi connectivity index (χ3n) is 4.97. The molecule has 34 heavy (non-hydrogen) atoms. The molecule has 0 unspecified atom stereocenters. The minimum atomic E-state index is 0.151. The SMILES string of the molecule is N#C/C(=C\c1cc(Br)c(OCc2ccccc2)c(Br)c1)c1nn(-c2ccccc2)c(N)c1C#N. The summed E-state index contributed by atoms with van der Waals surface area (Å²) < 4.78 is 8.88. The van der Waals surface area contributed by atoms with Gasteiger partial charge in [-0.25, -0.2) is 4.68 Å². The topological polar surface area (TPSA) is 101 Å². The van der Waals surface area contributed by atoms with Crippen molar-refractivity contribution < 1.29 is 4.74 Å². The Hall–Kier alpha value is -3.85. The van der Waals surface area contributed by atoms with Crippen LogP contribution in [0.3, 0.4) is 0 Å². The van der Waals surface area contributed by atoms with E-state index in [0.29, 0.717) is 18.0 Å². The van der Waals surface area contributed by atoms with E-state index in [9.17, 15) is 10.5 Å². The first-order chi connectivity index (χ1) is 16.5. The Balaban J connectivity index is 1.68. The molecular formula is C26H17Br2N5O.